The number of ether oxygens (including phenoxy) is 2. The van der Waals surface area contributed by atoms with Gasteiger partial charge < -0.3 is 14.8 Å². The molecular formula is C19H21F2N3O3S. The molecule has 1 amide bonds. The molecule has 0 fully saturated rings. The molecule has 0 aromatic heterocycles. The maximum Gasteiger partial charge on any atom is 0.387 e. The van der Waals surface area contributed by atoms with Crippen molar-refractivity contribution < 1.29 is 23.0 Å². The number of carbonyl (C=O) groups excluding carboxylic acids is 1. The van der Waals surface area contributed by atoms with Gasteiger partial charge in [0.2, 0.25) is 0 Å². The largest absolute Gasteiger partial charge is 0.481 e. The summed E-state index contributed by atoms with van der Waals surface area (Å²) in [7, 11) is 0. The number of amides is 1. The molecule has 2 rings (SSSR count). The Hall–Kier alpha value is -2.94. The highest BCUT2D eigenvalue weighted by Gasteiger charge is 2.16. The van der Waals surface area contributed by atoms with Gasteiger partial charge in [0, 0.05) is 5.69 Å². The molecule has 0 aliphatic heterocycles. The Morgan fingerprint density at radius 1 is 1.04 bits per heavy atom. The number of carbonyl (C=O) groups is 1. The maximum absolute atomic E-state index is 12.2. The number of nitrogens with one attached hydrogen (secondary N) is 3. The van der Waals surface area contributed by atoms with Crippen molar-refractivity contribution in [1.82, 2.24) is 10.9 Å². The second kappa shape index (κ2) is 9.84. The number of anilines is 1. The highest BCUT2D eigenvalue weighted by molar-refractivity contribution is 7.80. The van der Waals surface area contributed by atoms with Crippen LogP contribution >= 0.6 is 12.2 Å². The van der Waals surface area contributed by atoms with Crippen molar-refractivity contribution in [1.29, 1.82) is 0 Å². The number of rotatable bonds is 6. The smallest absolute Gasteiger partial charge is 0.387 e. The minimum absolute atomic E-state index is 0.0325. The van der Waals surface area contributed by atoms with E-state index in [-0.39, 0.29) is 10.9 Å². The Balaban J connectivity index is 1.81. The van der Waals surface area contributed by atoms with E-state index in [2.05, 4.69) is 20.9 Å². The Kier molecular flexibility index (Phi) is 7.51. The molecule has 28 heavy (non-hydrogen) atoms. The molecule has 0 aliphatic rings. The van der Waals surface area contributed by atoms with Crippen LogP contribution in [0.25, 0.3) is 0 Å². The van der Waals surface area contributed by atoms with Crippen molar-refractivity contribution in [2.24, 2.45) is 0 Å². The molecule has 9 heteroatoms. The van der Waals surface area contributed by atoms with E-state index in [4.69, 9.17) is 17.0 Å². The second-order valence-electron chi connectivity index (χ2n) is 5.93. The molecule has 0 saturated carbocycles. The summed E-state index contributed by atoms with van der Waals surface area (Å²) in [5, 5.41) is 2.92. The van der Waals surface area contributed by atoms with Crippen LogP contribution in [-0.2, 0) is 4.79 Å². The standard InChI is InChI=1S/C19H21F2N3O3S/c1-11-5-4-6-16(12(11)2)26-13(3)17(25)23-24-19(28)22-14-7-9-15(10-8-14)27-18(20)21/h4-10,13,18H,1-3H3,(H,23,25)(H2,22,24,28)/t13-/m0/s1. The van der Waals surface area contributed by atoms with Gasteiger partial charge in [-0.15, -0.1) is 0 Å². The quantitative estimate of drug-likeness (QED) is 0.499. The number of aryl methyl sites for hydroxylation is 1. The number of alkyl halides is 2. The first-order valence-electron chi connectivity index (χ1n) is 8.41. The van der Waals surface area contributed by atoms with Crippen molar-refractivity contribution in [2.45, 2.75) is 33.5 Å². The van der Waals surface area contributed by atoms with Gasteiger partial charge in [-0.1, -0.05) is 12.1 Å². The van der Waals surface area contributed by atoms with Crippen LogP contribution in [0.15, 0.2) is 42.5 Å². The molecule has 1 atom stereocenters. The van der Waals surface area contributed by atoms with E-state index in [9.17, 15) is 13.6 Å². The van der Waals surface area contributed by atoms with Crippen LogP contribution in [0, 0.1) is 13.8 Å². The minimum atomic E-state index is -2.88. The summed E-state index contributed by atoms with van der Waals surface area (Å²) in [4.78, 5) is 12.2. The Morgan fingerprint density at radius 2 is 1.71 bits per heavy atom. The fraction of sp³-hybridized carbons (Fsp3) is 0.263. The van der Waals surface area contributed by atoms with Gasteiger partial charge in [0.05, 0.1) is 0 Å². The summed E-state index contributed by atoms with van der Waals surface area (Å²) >= 11 is 5.08. The zero-order valence-corrected chi connectivity index (χ0v) is 16.4. The lowest BCUT2D eigenvalue weighted by molar-refractivity contribution is -0.127. The number of thiocarbonyl (C=S) groups is 1. The number of hydrogen-bond acceptors (Lipinski definition) is 4. The van der Waals surface area contributed by atoms with Gasteiger partial charge in [0.25, 0.3) is 5.91 Å². The fourth-order valence-electron chi connectivity index (χ4n) is 2.20. The van der Waals surface area contributed by atoms with Crippen LogP contribution < -0.4 is 25.6 Å². The molecule has 0 spiro atoms. The summed E-state index contributed by atoms with van der Waals surface area (Å²) < 4.78 is 34.2. The Morgan fingerprint density at radius 3 is 2.36 bits per heavy atom. The lowest BCUT2D eigenvalue weighted by Crippen LogP contribution is -2.48. The number of hydrogen-bond donors (Lipinski definition) is 3. The monoisotopic (exact) mass is 409 g/mol. The summed E-state index contributed by atoms with van der Waals surface area (Å²) in [5.74, 6) is 0.255. The number of hydrazine groups is 1. The molecule has 2 aromatic carbocycles. The normalized spacial score (nSPS) is 11.5. The highest BCUT2D eigenvalue weighted by atomic mass is 32.1. The van der Waals surface area contributed by atoms with Gasteiger partial charge in [0.1, 0.15) is 11.5 Å². The van der Waals surface area contributed by atoms with Crippen LogP contribution in [0.2, 0.25) is 0 Å². The molecule has 0 radical (unpaired) electrons. The van der Waals surface area contributed by atoms with E-state index in [1.54, 1.807) is 13.0 Å². The van der Waals surface area contributed by atoms with Crippen LogP contribution in [-0.4, -0.2) is 23.7 Å². The average Bonchev–Trinajstić information content (AvgIpc) is 2.64. The molecular weight excluding hydrogens is 388 g/mol. The zero-order valence-electron chi connectivity index (χ0n) is 15.6. The first kappa shape index (κ1) is 21.4. The van der Waals surface area contributed by atoms with Crippen molar-refractivity contribution >= 4 is 28.9 Å². The summed E-state index contributed by atoms with van der Waals surface area (Å²) in [6, 6.07) is 11.4. The minimum Gasteiger partial charge on any atom is -0.481 e. The van der Waals surface area contributed by atoms with Gasteiger partial charge in [-0.05, 0) is 74.4 Å². The predicted molar refractivity (Wildman–Crippen MR) is 107 cm³/mol. The summed E-state index contributed by atoms with van der Waals surface area (Å²) in [6.07, 6.45) is -0.749. The number of halogens is 2. The van der Waals surface area contributed by atoms with Crippen LogP contribution in [0.3, 0.4) is 0 Å². The lowest BCUT2D eigenvalue weighted by Gasteiger charge is -2.18. The highest BCUT2D eigenvalue weighted by Crippen LogP contribution is 2.21. The third-order valence-electron chi connectivity index (χ3n) is 3.86. The summed E-state index contributed by atoms with van der Waals surface area (Å²) in [5.41, 5.74) is 7.58. The molecule has 0 heterocycles. The maximum atomic E-state index is 12.2. The first-order valence-corrected chi connectivity index (χ1v) is 8.81. The van der Waals surface area contributed by atoms with Crippen molar-refractivity contribution in [3.63, 3.8) is 0 Å². The second-order valence-corrected chi connectivity index (χ2v) is 6.34. The Bertz CT molecular complexity index is 832. The van der Waals surface area contributed by atoms with Crippen molar-refractivity contribution in [3.8, 4) is 11.5 Å². The fourth-order valence-corrected chi connectivity index (χ4v) is 2.37. The van der Waals surface area contributed by atoms with Gasteiger partial charge in [-0.25, -0.2) is 0 Å². The van der Waals surface area contributed by atoms with Crippen LogP contribution in [0.1, 0.15) is 18.1 Å². The molecule has 0 bridgehead atoms. The molecule has 6 nitrogen and oxygen atoms in total. The predicted octanol–water partition coefficient (Wildman–Crippen LogP) is 3.69. The van der Waals surface area contributed by atoms with E-state index in [1.807, 2.05) is 26.0 Å². The number of benzene rings is 2. The van der Waals surface area contributed by atoms with Gasteiger partial charge in [0.15, 0.2) is 11.2 Å². The van der Waals surface area contributed by atoms with Gasteiger partial charge in [-0.2, -0.15) is 8.78 Å². The zero-order chi connectivity index (χ0) is 20.7. The molecule has 0 saturated heterocycles. The van der Waals surface area contributed by atoms with E-state index in [0.717, 1.165) is 11.1 Å². The van der Waals surface area contributed by atoms with E-state index >= 15 is 0 Å². The van der Waals surface area contributed by atoms with E-state index < -0.39 is 18.6 Å². The molecule has 3 N–H and O–H groups in total. The van der Waals surface area contributed by atoms with Crippen molar-refractivity contribution in [3.05, 3.63) is 53.6 Å². The van der Waals surface area contributed by atoms with Crippen molar-refractivity contribution in [2.75, 3.05) is 5.32 Å². The molecule has 150 valence electrons. The Labute approximate surface area is 167 Å². The molecule has 0 aliphatic carbocycles. The lowest BCUT2D eigenvalue weighted by atomic mass is 10.1. The van der Waals surface area contributed by atoms with Crippen LogP contribution in [0.5, 0.6) is 11.5 Å². The third-order valence-corrected chi connectivity index (χ3v) is 4.07. The summed E-state index contributed by atoms with van der Waals surface area (Å²) in [6.45, 7) is 2.62. The van der Waals surface area contributed by atoms with Gasteiger partial charge >= 0.3 is 6.61 Å². The topological polar surface area (TPSA) is 71.6 Å². The SMILES string of the molecule is Cc1cccc(O[C@@H](C)C(=O)NNC(=S)Nc2ccc(OC(F)F)cc2)c1C. The molecule has 0 unspecified atom stereocenters. The van der Waals surface area contributed by atoms with Gasteiger partial charge in [-0.3, -0.25) is 15.6 Å². The molecule has 2 aromatic rings. The first-order chi connectivity index (χ1) is 13.3. The average molecular weight is 409 g/mol. The van der Waals surface area contributed by atoms with E-state index in [1.165, 1.54) is 24.3 Å². The van der Waals surface area contributed by atoms with Crippen LogP contribution in [0.4, 0.5) is 14.5 Å². The van der Waals surface area contributed by atoms with E-state index in [0.29, 0.717) is 11.4 Å². The third kappa shape index (κ3) is 6.34.